The highest BCUT2D eigenvalue weighted by Crippen LogP contribution is 2.14. The van der Waals surface area contributed by atoms with E-state index in [4.69, 9.17) is 4.74 Å². The van der Waals surface area contributed by atoms with Gasteiger partial charge in [0.05, 0.1) is 0 Å². The third-order valence-corrected chi connectivity index (χ3v) is 3.88. The molecule has 18 heavy (non-hydrogen) atoms. The summed E-state index contributed by atoms with van der Waals surface area (Å²) in [4.78, 5) is 0. The lowest BCUT2D eigenvalue weighted by molar-refractivity contribution is 0.0367. The van der Waals surface area contributed by atoms with Crippen LogP contribution < -0.4 is 10.6 Å². The van der Waals surface area contributed by atoms with Gasteiger partial charge in [-0.2, -0.15) is 23.5 Å². The fourth-order valence-corrected chi connectivity index (χ4v) is 0.754. The molecule has 0 saturated carbocycles. The van der Waals surface area contributed by atoms with Crippen LogP contribution in [0.2, 0.25) is 0 Å². The lowest BCUT2D eigenvalue weighted by atomic mass is 10.3. The molecule has 108 valence electrons. The monoisotopic (exact) mass is 292 g/mol. The summed E-state index contributed by atoms with van der Waals surface area (Å²) < 4.78 is 4.72. The van der Waals surface area contributed by atoms with Crippen molar-refractivity contribution < 1.29 is 4.74 Å². The van der Waals surface area contributed by atoms with Gasteiger partial charge in [0.25, 0.3) is 0 Å². The molecule has 5 aliphatic heterocycles. The van der Waals surface area contributed by atoms with E-state index < -0.39 is 0 Å². The van der Waals surface area contributed by atoms with E-state index in [1.54, 1.807) is 0 Å². The third kappa shape index (κ3) is 18.9. The molecule has 0 aromatic heterocycles. The summed E-state index contributed by atoms with van der Waals surface area (Å²) in [7, 11) is 0. The molecule has 5 fully saturated rings. The Morgan fingerprint density at radius 1 is 0.611 bits per heavy atom. The van der Waals surface area contributed by atoms with Gasteiger partial charge in [-0.3, -0.25) is 0 Å². The predicted octanol–water partition coefficient (Wildman–Crippen LogP) is 1.83. The number of ether oxygens (including phenoxy) is 1. The highest BCUT2D eigenvalue weighted by molar-refractivity contribution is 8.06. The molecular weight excluding hydrogens is 264 g/mol. The van der Waals surface area contributed by atoms with Crippen LogP contribution in [0.25, 0.3) is 0 Å². The van der Waals surface area contributed by atoms with Crippen LogP contribution in [0.5, 0.6) is 0 Å². The number of hydrogen-bond acceptors (Lipinski definition) is 5. The second kappa shape index (κ2) is 14.0. The van der Waals surface area contributed by atoms with Gasteiger partial charge in [0.15, 0.2) is 0 Å². The van der Waals surface area contributed by atoms with Crippen molar-refractivity contribution in [3.63, 3.8) is 0 Å². The van der Waals surface area contributed by atoms with Crippen molar-refractivity contribution >= 4 is 23.5 Å². The minimum atomic E-state index is 1.00. The lowest BCUT2D eigenvalue weighted by Crippen LogP contribution is -2.29. The summed E-state index contributed by atoms with van der Waals surface area (Å²) in [5.41, 5.74) is 0. The molecule has 5 rings (SSSR count). The van der Waals surface area contributed by atoms with E-state index in [1.807, 2.05) is 23.5 Å². The van der Waals surface area contributed by atoms with Crippen molar-refractivity contribution in [2.45, 2.75) is 19.3 Å². The molecule has 5 heteroatoms. The molecule has 0 atom stereocenters. The van der Waals surface area contributed by atoms with Crippen molar-refractivity contribution in [2.75, 3.05) is 62.4 Å². The maximum atomic E-state index is 4.72. The van der Waals surface area contributed by atoms with Crippen molar-refractivity contribution in [3.05, 3.63) is 0 Å². The van der Waals surface area contributed by atoms with Gasteiger partial charge in [0, 0.05) is 37.8 Å². The maximum absolute atomic E-state index is 4.72. The van der Waals surface area contributed by atoms with Gasteiger partial charge in [-0.15, -0.1) is 0 Å². The van der Waals surface area contributed by atoms with Gasteiger partial charge in [0.2, 0.25) is 0 Å². The molecule has 0 spiro atoms. The molecule has 0 bridgehead atoms. The Morgan fingerprint density at radius 3 is 0.889 bits per heavy atom. The standard InChI is InChI=1S/C3H7N.C3H6O.C3H6S.C2H5N.C2H4S/c3*1-2-4-3-1;2*1-2-3-1/h4H,1-3H2;2*1-3H2;3H,1-2H2;1-2H2. The topological polar surface area (TPSA) is 43.2 Å². The Kier molecular flexibility index (Phi) is 12.9. The largest absolute Gasteiger partial charge is 0.381 e. The Hall–Kier alpha value is 0.580. The molecule has 0 aromatic carbocycles. The predicted molar refractivity (Wildman–Crippen MR) is 85.1 cm³/mol. The zero-order valence-corrected chi connectivity index (χ0v) is 13.1. The molecule has 2 N–H and O–H groups in total. The van der Waals surface area contributed by atoms with Crippen molar-refractivity contribution in [1.29, 1.82) is 0 Å². The van der Waals surface area contributed by atoms with Gasteiger partial charge in [-0.25, -0.2) is 0 Å². The summed E-state index contributed by atoms with van der Waals surface area (Å²) in [6.07, 6.45) is 4.13. The second-order valence-electron chi connectivity index (χ2n) is 4.40. The van der Waals surface area contributed by atoms with Gasteiger partial charge in [-0.05, 0) is 43.9 Å². The van der Waals surface area contributed by atoms with E-state index in [9.17, 15) is 0 Å². The van der Waals surface area contributed by atoms with E-state index in [0.29, 0.717) is 0 Å². The normalized spacial score (nSPS) is 24.0. The molecule has 0 aromatic rings. The molecule has 3 nitrogen and oxygen atoms in total. The third-order valence-electron chi connectivity index (χ3n) is 2.32. The molecule has 0 unspecified atom stereocenters. The first kappa shape index (κ1) is 16.6. The zero-order valence-electron chi connectivity index (χ0n) is 11.4. The average molecular weight is 293 g/mol. The first-order chi connectivity index (χ1) is 9.00. The smallest absolute Gasteiger partial charge is 0.0488 e. The van der Waals surface area contributed by atoms with Crippen LogP contribution in [0.4, 0.5) is 0 Å². The van der Waals surface area contributed by atoms with Crippen LogP contribution in [0.1, 0.15) is 19.3 Å². The number of rotatable bonds is 0. The zero-order chi connectivity index (χ0) is 12.7. The summed E-state index contributed by atoms with van der Waals surface area (Å²) in [5, 5.41) is 6.11. The SMILES string of the molecule is C1CN1.C1CNC1.C1COC1.C1CS1.C1CSC1. The lowest BCUT2D eigenvalue weighted by Gasteiger charge is -2.09. The molecular formula is C13H28N2OS2. The summed E-state index contributed by atoms with van der Waals surface area (Å²) in [6.45, 7) is 7.00. The van der Waals surface area contributed by atoms with E-state index >= 15 is 0 Å². The Morgan fingerprint density at radius 2 is 0.889 bits per heavy atom. The highest BCUT2D eigenvalue weighted by Gasteiger charge is 1.96. The van der Waals surface area contributed by atoms with E-state index in [-0.39, 0.29) is 0 Å². The second-order valence-corrected chi connectivity index (χ2v) is 6.85. The molecule has 5 heterocycles. The van der Waals surface area contributed by atoms with Gasteiger partial charge in [0.1, 0.15) is 0 Å². The fourth-order valence-electron chi connectivity index (χ4n) is 0.465. The minimum Gasteiger partial charge on any atom is -0.381 e. The van der Waals surface area contributed by atoms with Crippen molar-refractivity contribution in [1.82, 2.24) is 10.6 Å². The first-order valence-corrected chi connectivity index (χ1v) is 9.46. The van der Waals surface area contributed by atoms with E-state index in [0.717, 1.165) is 13.2 Å². The van der Waals surface area contributed by atoms with Crippen LogP contribution in [0.15, 0.2) is 0 Å². The number of hydrogen-bond donors (Lipinski definition) is 2. The molecule has 0 radical (unpaired) electrons. The van der Waals surface area contributed by atoms with E-state index in [2.05, 4.69) is 10.6 Å². The Labute approximate surface area is 121 Å². The Bertz CT molecular complexity index is 115. The summed E-state index contributed by atoms with van der Waals surface area (Å²) >= 11 is 4.04. The summed E-state index contributed by atoms with van der Waals surface area (Å²) in [5.74, 6) is 5.67. The molecule has 0 amide bonds. The average Bonchev–Trinajstić information content (AvgIpc) is 2.92. The van der Waals surface area contributed by atoms with E-state index in [1.165, 1.54) is 68.5 Å². The van der Waals surface area contributed by atoms with Gasteiger partial charge >= 0.3 is 0 Å². The Balaban J connectivity index is 0.000000113. The van der Waals surface area contributed by atoms with Crippen LogP contribution in [0, 0.1) is 0 Å². The van der Waals surface area contributed by atoms with Crippen molar-refractivity contribution in [3.8, 4) is 0 Å². The maximum Gasteiger partial charge on any atom is 0.0488 e. The van der Waals surface area contributed by atoms with Crippen LogP contribution in [0.3, 0.4) is 0 Å². The van der Waals surface area contributed by atoms with Gasteiger partial charge < -0.3 is 15.4 Å². The van der Waals surface area contributed by atoms with Gasteiger partial charge in [-0.1, -0.05) is 0 Å². The fraction of sp³-hybridized carbons (Fsp3) is 1.00. The summed E-state index contributed by atoms with van der Waals surface area (Å²) in [6, 6.07) is 0. The number of nitrogens with one attached hydrogen (secondary N) is 2. The molecule has 5 saturated heterocycles. The minimum absolute atomic E-state index is 1.00. The molecule has 5 aliphatic rings. The molecule has 0 aliphatic carbocycles. The van der Waals surface area contributed by atoms with Crippen LogP contribution >= 0.6 is 23.5 Å². The van der Waals surface area contributed by atoms with Crippen LogP contribution in [-0.4, -0.2) is 62.4 Å². The van der Waals surface area contributed by atoms with Crippen LogP contribution in [-0.2, 0) is 4.74 Å². The number of thioether (sulfide) groups is 2. The van der Waals surface area contributed by atoms with Crippen molar-refractivity contribution in [2.24, 2.45) is 0 Å². The highest BCUT2D eigenvalue weighted by atomic mass is 32.2. The first-order valence-electron chi connectivity index (χ1n) is 7.15. The quantitative estimate of drug-likeness (QED) is 0.667.